The fourth-order valence-electron chi connectivity index (χ4n) is 2.94. The second-order valence-electron chi connectivity index (χ2n) is 5.32. The maximum atomic E-state index is 6.08. The highest BCUT2D eigenvalue weighted by Gasteiger charge is 2.23. The Labute approximate surface area is 113 Å². The number of para-hydroxylation sites is 1. The molecule has 3 rings (SSSR count). The monoisotopic (exact) mass is 256 g/mol. The highest BCUT2D eigenvalue weighted by molar-refractivity contribution is 5.84. The number of ether oxygens (including phenoxy) is 1. The standard InChI is InChI=1S/C16H20N2O/c17-14-7-1-4-12(14)9-11-19-15-8-2-5-13-6-3-10-18-16(13)15/h2-3,5-6,8,10,12,14H,1,4,7,9,11,17H2. The van der Waals surface area contributed by atoms with Gasteiger partial charge in [0.25, 0.3) is 0 Å². The number of hydrogen-bond donors (Lipinski definition) is 1. The Kier molecular flexibility index (Phi) is 3.65. The van der Waals surface area contributed by atoms with E-state index in [1.165, 1.54) is 19.3 Å². The van der Waals surface area contributed by atoms with Crippen molar-refractivity contribution >= 4 is 10.9 Å². The molecule has 0 amide bonds. The Balaban J connectivity index is 1.65. The van der Waals surface area contributed by atoms with E-state index in [9.17, 15) is 0 Å². The molecule has 3 nitrogen and oxygen atoms in total. The van der Waals surface area contributed by atoms with Crippen molar-refractivity contribution < 1.29 is 4.74 Å². The van der Waals surface area contributed by atoms with Gasteiger partial charge in [-0.1, -0.05) is 24.6 Å². The van der Waals surface area contributed by atoms with Crippen LogP contribution in [0.3, 0.4) is 0 Å². The molecule has 2 atom stereocenters. The minimum Gasteiger partial charge on any atom is -0.491 e. The van der Waals surface area contributed by atoms with Crippen LogP contribution in [0.15, 0.2) is 36.5 Å². The fourth-order valence-corrected chi connectivity index (χ4v) is 2.94. The molecule has 100 valence electrons. The molecule has 1 aliphatic carbocycles. The summed E-state index contributed by atoms with van der Waals surface area (Å²) in [5, 5.41) is 1.12. The summed E-state index contributed by atoms with van der Waals surface area (Å²) in [6.45, 7) is 0.730. The fraction of sp³-hybridized carbons (Fsp3) is 0.438. The molecule has 1 fully saturated rings. The van der Waals surface area contributed by atoms with E-state index in [-0.39, 0.29) is 0 Å². The van der Waals surface area contributed by atoms with Crippen LogP contribution in [0.2, 0.25) is 0 Å². The molecule has 1 aliphatic rings. The third-order valence-electron chi connectivity index (χ3n) is 4.06. The number of hydrogen-bond acceptors (Lipinski definition) is 3. The highest BCUT2D eigenvalue weighted by atomic mass is 16.5. The van der Waals surface area contributed by atoms with Gasteiger partial charge in [0.2, 0.25) is 0 Å². The molecule has 19 heavy (non-hydrogen) atoms. The van der Waals surface area contributed by atoms with Gasteiger partial charge in [-0.05, 0) is 37.3 Å². The van der Waals surface area contributed by atoms with Gasteiger partial charge in [-0.2, -0.15) is 0 Å². The molecule has 0 bridgehead atoms. The van der Waals surface area contributed by atoms with E-state index in [0.717, 1.165) is 29.7 Å². The first kappa shape index (κ1) is 12.4. The molecule has 2 unspecified atom stereocenters. The topological polar surface area (TPSA) is 48.1 Å². The van der Waals surface area contributed by atoms with Crippen molar-refractivity contribution in [1.29, 1.82) is 0 Å². The second-order valence-corrected chi connectivity index (χ2v) is 5.32. The van der Waals surface area contributed by atoms with Crippen molar-refractivity contribution in [3.63, 3.8) is 0 Å². The van der Waals surface area contributed by atoms with E-state index >= 15 is 0 Å². The van der Waals surface area contributed by atoms with Crippen LogP contribution in [0.1, 0.15) is 25.7 Å². The number of benzene rings is 1. The number of aromatic nitrogens is 1. The Morgan fingerprint density at radius 2 is 2.11 bits per heavy atom. The summed E-state index contributed by atoms with van der Waals surface area (Å²) in [5.74, 6) is 1.51. The lowest BCUT2D eigenvalue weighted by atomic mass is 10.0. The predicted molar refractivity (Wildman–Crippen MR) is 77.2 cm³/mol. The first-order chi connectivity index (χ1) is 9.34. The summed E-state index contributed by atoms with van der Waals surface area (Å²) < 4.78 is 5.91. The Morgan fingerprint density at radius 1 is 1.21 bits per heavy atom. The summed E-state index contributed by atoms with van der Waals surface area (Å²) in [5.41, 5.74) is 7.03. The SMILES string of the molecule is NC1CCCC1CCOc1cccc2cccnc12. The van der Waals surface area contributed by atoms with Gasteiger partial charge in [-0.3, -0.25) is 4.98 Å². The number of pyridine rings is 1. The molecule has 2 aromatic rings. The number of rotatable bonds is 4. The first-order valence-electron chi connectivity index (χ1n) is 7.07. The van der Waals surface area contributed by atoms with Crippen molar-refractivity contribution in [2.45, 2.75) is 31.7 Å². The van der Waals surface area contributed by atoms with E-state index < -0.39 is 0 Å². The molecule has 1 saturated carbocycles. The van der Waals surface area contributed by atoms with Gasteiger partial charge in [0.05, 0.1) is 6.61 Å². The van der Waals surface area contributed by atoms with Crippen molar-refractivity contribution in [3.8, 4) is 5.75 Å². The zero-order valence-corrected chi connectivity index (χ0v) is 11.1. The quantitative estimate of drug-likeness (QED) is 0.914. The molecule has 1 aromatic heterocycles. The molecular weight excluding hydrogens is 236 g/mol. The van der Waals surface area contributed by atoms with Crippen LogP contribution in [0.5, 0.6) is 5.75 Å². The lowest BCUT2D eigenvalue weighted by Gasteiger charge is -2.15. The zero-order chi connectivity index (χ0) is 13.1. The average Bonchev–Trinajstić information content (AvgIpc) is 2.85. The zero-order valence-electron chi connectivity index (χ0n) is 11.1. The Bertz CT molecular complexity index is 550. The summed E-state index contributed by atoms with van der Waals surface area (Å²) in [7, 11) is 0. The molecule has 0 radical (unpaired) electrons. The number of nitrogens with two attached hydrogens (primary N) is 1. The summed E-state index contributed by atoms with van der Waals surface area (Å²) >= 11 is 0. The van der Waals surface area contributed by atoms with Crippen molar-refractivity contribution in [2.75, 3.05) is 6.61 Å². The van der Waals surface area contributed by atoms with Crippen LogP contribution in [0, 0.1) is 5.92 Å². The molecule has 3 heteroatoms. The van der Waals surface area contributed by atoms with Crippen LogP contribution in [0.25, 0.3) is 10.9 Å². The molecule has 1 aromatic carbocycles. The van der Waals surface area contributed by atoms with Crippen molar-refractivity contribution in [1.82, 2.24) is 4.98 Å². The van der Waals surface area contributed by atoms with Gasteiger partial charge in [-0.15, -0.1) is 0 Å². The third kappa shape index (κ3) is 2.71. The van der Waals surface area contributed by atoms with Gasteiger partial charge in [0, 0.05) is 17.6 Å². The molecule has 0 aliphatic heterocycles. The Hall–Kier alpha value is -1.61. The Morgan fingerprint density at radius 3 is 2.95 bits per heavy atom. The summed E-state index contributed by atoms with van der Waals surface area (Å²) in [4.78, 5) is 4.40. The normalized spacial score (nSPS) is 22.8. The lowest BCUT2D eigenvalue weighted by Crippen LogP contribution is -2.25. The van der Waals surface area contributed by atoms with Crippen LogP contribution < -0.4 is 10.5 Å². The van der Waals surface area contributed by atoms with Gasteiger partial charge in [-0.25, -0.2) is 0 Å². The highest BCUT2D eigenvalue weighted by Crippen LogP contribution is 2.28. The third-order valence-corrected chi connectivity index (χ3v) is 4.06. The van der Waals surface area contributed by atoms with E-state index in [2.05, 4.69) is 17.1 Å². The molecular formula is C16H20N2O. The maximum Gasteiger partial charge on any atom is 0.145 e. The van der Waals surface area contributed by atoms with Crippen LogP contribution >= 0.6 is 0 Å². The maximum absolute atomic E-state index is 6.08. The predicted octanol–water partition coefficient (Wildman–Crippen LogP) is 3.13. The summed E-state index contributed by atoms with van der Waals surface area (Å²) in [6.07, 6.45) is 6.53. The molecule has 0 saturated heterocycles. The van der Waals surface area contributed by atoms with E-state index in [0.29, 0.717) is 12.0 Å². The van der Waals surface area contributed by atoms with Crippen molar-refractivity contribution in [3.05, 3.63) is 36.5 Å². The lowest BCUT2D eigenvalue weighted by molar-refractivity contribution is 0.273. The molecule has 1 heterocycles. The van der Waals surface area contributed by atoms with Crippen LogP contribution in [-0.2, 0) is 0 Å². The van der Waals surface area contributed by atoms with E-state index in [1.54, 1.807) is 0 Å². The second kappa shape index (κ2) is 5.57. The van der Waals surface area contributed by atoms with Crippen LogP contribution in [-0.4, -0.2) is 17.6 Å². The largest absolute Gasteiger partial charge is 0.491 e. The first-order valence-corrected chi connectivity index (χ1v) is 7.07. The minimum absolute atomic E-state index is 0.370. The molecule has 0 spiro atoms. The number of fused-ring (bicyclic) bond motifs is 1. The van der Waals surface area contributed by atoms with E-state index in [1.807, 2.05) is 24.4 Å². The van der Waals surface area contributed by atoms with Crippen molar-refractivity contribution in [2.24, 2.45) is 11.7 Å². The van der Waals surface area contributed by atoms with Gasteiger partial charge in [0.15, 0.2) is 0 Å². The smallest absolute Gasteiger partial charge is 0.145 e. The van der Waals surface area contributed by atoms with Gasteiger partial charge in [0.1, 0.15) is 11.3 Å². The van der Waals surface area contributed by atoms with Crippen LogP contribution in [0.4, 0.5) is 0 Å². The van der Waals surface area contributed by atoms with Gasteiger partial charge >= 0.3 is 0 Å². The number of nitrogens with zero attached hydrogens (tertiary/aromatic N) is 1. The summed E-state index contributed by atoms with van der Waals surface area (Å²) in [6, 6.07) is 10.4. The minimum atomic E-state index is 0.370. The average molecular weight is 256 g/mol. The molecule has 2 N–H and O–H groups in total. The van der Waals surface area contributed by atoms with Gasteiger partial charge < -0.3 is 10.5 Å². The van der Waals surface area contributed by atoms with E-state index in [4.69, 9.17) is 10.5 Å².